The number of carbonyl (C=O) groups is 1. The highest BCUT2D eigenvalue weighted by Gasteiger charge is 2.37. The molecule has 0 saturated carbocycles. The molecule has 0 aromatic carbocycles. The third-order valence-corrected chi connectivity index (χ3v) is 4.26. The molecule has 1 saturated heterocycles. The number of carboxylic acid groups (broad SMARTS) is 1. The van der Waals surface area contributed by atoms with Gasteiger partial charge in [-0.2, -0.15) is 0 Å². The molecule has 0 spiro atoms. The number of quaternary nitrogens is 1. The Labute approximate surface area is 117 Å². The number of likely N-dealkylation sites (tertiary alicyclic amines) is 1. The quantitative estimate of drug-likeness (QED) is 0.374. The predicted octanol–water partition coefficient (Wildman–Crippen LogP) is 3.69. The van der Waals surface area contributed by atoms with Crippen LogP contribution in [0.25, 0.3) is 0 Å². The minimum Gasteiger partial charge on any atom is -0.632 e. The van der Waals surface area contributed by atoms with Gasteiger partial charge in [-0.05, 0) is 6.42 Å². The third kappa shape index (κ3) is 5.49. The molecular weight excluding hydrogens is 242 g/mol. The van der Waals surface area contributed by atoms with Crippen molar-refractivity contribution in [2.75, 3.05) is 13.1 Å². The molecule has 1 unspecified atom stereocenters. The molecule has 4 nitrogen and oxygen atoms in total. The first-order valence-corrected chi connectivity index (χ1v) is 7.90. The first kappa shape index (κ1) is 16.4. The molecule has 1 fully saturated rings. The molecule has 1 N–H and O–H groups in total. The fourth-order valence-electron chi connectivity index (χ4n) is 3.04. The van der Waals surface area contributed by atoms with Crippen LogP contribution in [0, 0.1) is 5.21 Å². The van der Waals surface area contributed by atoms with Crippen LogP contribution < -0.4 is 0 Å². The van der Waals surface area contributed by atoms with Gasteiger partial charge in [-0.3, -0.25) is 0 Å². The van der Waals surface area contributed by atoms with E-state index in [9.17, 15) is 15.1 Å². The van der Waals surface area contributed by atoms with Gasteiger partial charge < -0.3 is 15.0 Å². The molecule has 0 amide bonds. The van der Waals surface area contributed by atoms with Gasteiger partial charge in [0, 0.05) is 19.3 Å². The second-order valence-corrected chi connectivity index (χ2v) is 5.87. The van der Waals surface area contributed by atoms with Crippen molar-refractivity contribution in [3.05, 3.63) is 5.21 Å². The van der Waals surface area contributed by atoms with Crippen LogP contribution >= 0.6 is 0 Å². The Kier molecular flexibility index (Phi) is 7.39. The van der Waals surface area contributed by atoms with E-state index in [1.807, 2.05) is 0 Å². The lowest BCUT2D eigenvalue weighted by atomic mass is 10.0. The molecule has 0 aliphatic carbocycles. The molecular formula is C15H29NO3. The van der Waals surface area contributed by atoms with Gasteiger partial charge in [-0.25, -0.2) is 4.79 Å². The molecule has 1 aliphatic rings. The van der Waals surface area contributed by atoms with E-state index in [-0.39, 0.29) is 0 Å². The minimum atomic E-state index is -0.900. The Bertz CT molecular complexity index is 262. The molecule has 0 aromatic rings. The fourth-order valence-corrected chi connectivity index (χ4v) is 3.04. The molecule has 0 radical (unpaired) electrons. The van der Waals surface area contributed by atoms with Gasteiger partial charge in [0.15, 0.2) is 6.04 Å². The molecule has 19 heavy (non-hydrogen) atoms. The van der Waals surface area contributed by atoms with E-state index >= 15 is 0 Å². The summed E-state index contributed by atoms with van der Waals surface area (Å²) in [5.74, 6) is -0.900. The average molecular weight is 271 g/mol. The Balaban J connectivity index is 2.22. The van der Waals surface area contributed by atoms with Crippen molar-refractivity contribution in [2.24, 2.45) is 0 Å². The van der Waals surface area contributed by atoms with Crippen LogP contribution in [0.15, 0.2) is 0 Å². The standard InChI is InChI=1S/C15H29NO3/c1-2-3-4-5-6-7-8-11-14(15(17)18)16(19)12-9-10-13-16/h14H,2-13H2,1H3,(H,17,18). The van der Waals surface area contributed by atoms with Gasteiger partial charge >= 0.3 is 5.97 Å². The van der Waals surface area contributed by atoms with Crippen LogP contribution in [0.2, 0.25) is 0 Å². The van der Waals surface area contributed by atoms with Crippen molar-refractivity contribution in [2.45, 2.75) is 77.2 Å². The van der Waals surface area contributed by atoms with Gasteiger partial charge in [0.05, 0.1) is 13.1 Å². The number of aliphatic carboxylic acids is 1. The van der Waals surface area contributed by atoms with Crippen LogP contribution in [0.4, 0.5) is 0 Å². The number of nitrogens with zero attached hydrogens (tertiary/aromatic N) is 1. The third-order valence-electron chi connectivity index (χ3n) is 4.26. The van der Waals surface area contributed by atoms with Gasteiger partial charge in [-0.15, -0.1) is 0 Å². The zero-order chi connectivity index (χ0) is 14.1. The van der Waals surface area contributed by atoms with Crippen molar-refractivity contribution >= 4 is 5.97 Å². The molecule has 4 heteroatoms. The molecule has 1 aliphatic heterocycles. The van der Waals surface area contributed by atoms with Gasteiger partial charge in [0.25, 0.3) is 0 Å². The van der Waals surface area contributed by atoms with Crippen LogP contribution in [0.3, 0.4) is 0 Å². The number of hydrogen-bond donors (Lipinski definition) is 1. The largest absolute Gasteiger partial charge is 0.632 e. The SMILES string of the molecule is CCCCCCCCCC(C(=O)O)[N+]1([O-])CCCC1. The van der Waals surface area contributed by atoms with Gasteiger partial charge in [0.2, 0.25) is 0 Å². The number of unbranched alkanes of at least 4 members (excludes halogenated alkanes) is 6. The Morgan fingerprint density at radius 3 is 2.16 bits per heavy atom. The maximum atomic E-state index is 12.4. The van der Waals surface area contributed by atoms with Crippen molar-refractivity contribution in [3.8, 4) is 0 Å². The lowest BCUT2D eigenvalue weighted by Crippen LogP contribution is -2.52. The summed E-state index contributed by atoms with van der Waals surface area (Å²) in [5.41, 5.74) is 0. The molecule has 0 bridgehead atoms. The highest BCUT2D eigenvalue weighted by atomic mass is 16.6. The maximum absolute atomic E-state index is 12.4. The van der Waals surface area contributed by atoms with Crippen molar-refractivity contribution in [3.63, 3.8) is 0 Å². The van der Waals surface area contributed by atoms with Crippen LogP contribution in [-0.4, -0.2) is 34.9 Å². The first-order chi connectivity index (χ1) is 9.10. The maximum Gasteiger partial charge on any atom is 0.362 e. The van der Waals surface area contributed by atoms with Crippen LogP contribution in [0.5, 0.6) is 0 Å². The normalized spacial score (nSPS) is 19.5. The predicted molar refractivity (Wildman–Crippen MR) is 76.6 cm³/mol. The number of rotatable bonds is 10. The summed E-state index contributed by atoms with van der Waals surface area (Å²) in [4.78, 5) is 11.3. The van der Waals surface area contributed by atoms with E-state index in [0.29, 0.717) is 19.5 Å². The summed E-state index contributed by atoms with van der Waals surface area (Å²) in [6.45, 7) is 3.19. The molecule has 1 heterocycles. The van der Waals surface area contributed by atoms with Gasteiger partial charge in [-0.1, -0.05) is 45.4 Å². The van der Waals surface area contributed by atoms with E-state index in [1.165, 1.54) is 32.1 Å². The Morgan fingerprint density at radius 2 is 1.63 bits per heavy atom. The number of hydrogen-bond acceptors (Lipinski definition) is 2. The monoisotopic (exact) mass is 271 g/mol. The van der Waals surface area contributed by atoms with Crippen LogP contribution in [-0.2, 0) is 4.79 Å². The lowest BCUT2D eigenvalue weighted by molar-refractivity contribution is -0.885. The number of hydroxylamine groups is 3. The second kappa shape index (κ2) is 8.54. The lowest BCUT2D eigenvalue weighted by Gasteiger charge is -2.43. The smallest absolute Gasteiger partial charge is 0.362 e. The molecule has 0 aromatic heterocycles. The van der Waals surface area contributed by atoms with E-state index in [1.54, 1.807) is 0 Å². The summed E-state index contributed by atoms with van der Waals surface area (Å²) < 4.78 is -0.481. The fraction of sp³-hybridized carbons (Fsp3) is 0.933. The topological polar surface area (TPSA) is 60.4 Å². The molecule has 1 rings (SSSR count). The van der Waals surface area contributed by atoms with Crippen molar-refractivity contribution in [1.82, 2.24) is 0 Å². The second-order valence-electron chi connectivity index (χ2n) is 5.87. The van der Waals surface area contributed by atoms with Crippen molar-refractivity contribution < 1.29 is 14.5 Å². The highest BCUT2D eigenvalue weighted by Crippen LogP contribution is 2.25. The average Bonchev–Trinajstić information content (AvgIpc) is 2.80. The Morgan fingerprint density at radius 1 is 1.11 bits per heavy atom. The van der Waals surface area contributed by atoms with Crippen molar-refractivity contribution in [1.29, 1.82) is 0 Å². The minimum absolute atomic E-state index is 0.481. The zero-order valence-electron chi connectivity index (χ0n) is 12.3. The zero-order valence-corrected chi connectivity index (χ0v) is 12.3. The summed E-state index contributed by atoms with van der Waals surface area (Å²) in [5, 5.41) is 21.7. The van der Waals surface area contributed by atoms with Gasteiger partial charge in [0.1, 0.15) is 0 Å². The summed E-state index contributed by atoms with van der Waals surface area (Å²) >= 11 is 0. The van der Waals surface area contributed by atoms with E-state index in [2.05, 4.69) is 6.92 Å². The van der Waals surface area contributed by atoms with E-state index in [0.717, 1.165) is 25.7 Å². The van der Waals surface area contributed by atoms with E-state index in [4.69, 9.17) is 0 Å². The van der Waals surface area contributed by atoms with Crippen LogP contribution in [0.1, 0.15) is 71.1 Å². The number of carboxylic acids is 1. The Hall–Kier alpha value is -0.610. The summed E-state index contributed by atoms with van der Waals surface area (Å²) in [7, 11) is 0. The first-order valence-electron chi connectivity index (χ1n) is 7.90. The summed E-state index contributed by atoms with van der Waals surface area (Å²) in [6.07, 6.45) is 10.5. The molecule has 112 valence electrons. The highest BCUT2D eigenvalue weighted by molar-refractivity contribution is 5.72. The van der Waals surface area contributed by atoms with E-state index < -0.39 is 16.7 Å². The molecule has 1 atom stereocenters. The summed E-state index contributed by atoms with van der Waals surface area (Å²) in [6, 6.07) is -0.724.